The van der Waals surface area contributed by atoms with Crippen molar-refractivity contribution >= 4 is 33.4 Å². The van der Waals surface area contributed by atoms with Crippen molar-refractivity contribution in [1.29, 1.82) is 0 Å². The quantitative estimate of drug-likeness (QED) is 0.681. The normalized spacial score (nSPS) is 12.0. The van der Waals surface area contributed by atoms with E-state index in [-0.39, 0.29) is 29.2 Å². The summed E-state index contributed by atoms with van der Waals surface area (Å²) in [5.41, 5.74) is 1.72. The number of sulfonamides is 1. The number of rotatable bonds is 7. The minimum Gasteiger partial charge on any atom is -0.326 e. The maximum Gasteiger partial charge on any atom is 0.240 e. The smallest absolute Gasteiger partial charge is 0.240 e. The van der Waals surface area contributed by atoms with Crippen LogP contribution in [-0.2, 0) is 20.2 Å². The Labute approximate surface area is 166 Å². The SMILES string of the molecule is CSc1ccc(NC(=O)CCNS(=O)(=O)c2ccc(C(C)(C)C)cc2)cc1. The average Bonchev–Trinajstić information content (AvgIpc) is 2.61. The fraction of sp³-hybridized carbons (Fsp3) is 0.350. The molecule has 27 heavy (non-hydrogen) atoms. The Hall–Kier alpha value is -1.83. The van der Waals surface area contributed by atoms with Crippen molar-refractivity contribution in [2.45, 2.75) is 42.4 Å². The molecule has 2 N–H and O–H groups in total. The van der Waals surface area contributed by atoms with E-state index in [0.717, 1.165) is 10.5 Å². The Kier molecular flexibility index (Phi) is 7.08. The van der Waals surface area contributed by atoms with E-state index in [2.05, 4.69) is 30.8 Å². The summed E-state index contributed by atoms with van der Waals surface area (Å²) in [7, 11) is -3.63. The third-order valence-electron chi connectivity index (χ3n) is 4.05. The van der Waals surface area contributed by atoms with Crippen LogP contribution in [0.3, 0.4) is 0 Å². The number of carbonyl (C=O) groups is 1. The van der Waals surface area contributed by atoms with E-state index in [9.17, 15) is 13.2 Å². The van der Waals surface area contributed by atoms with Crippen molar-refractivity contribution < 1.29 is 13.2 Å². The van der Waals surface area contributed by atoms with E-state index in [4.69, 9.17) is 0 Å². The Bertz CT molecular complexity index is 869. The number of anilines is 1. The van der Waals surface area contributed by atoms with Crippen molar-refractivity contribution in [3.63, 3.8) is 0 Å². The highest BCUT2D eigenvalue weighted by Gasteiger charge is 2.17. The molecule has 5 nitrogen and oxygen atoms in total. The van der Waals surface area contributed by atoms with Gasteiger partial charge < -0.3 is 5.32 Å². The highest BCUT2D eigenvalue weighted by Crippen LogP contribution is 2.23. The van der Waals surface area contributed by atoms with E-state index in [1.807, 2.05) is 42.7 Å². The van der Waals surface area contributed by atoms with Crippen LogP contribution >= 0.6 is 11.8 Å². The predicted octanol–water partition coefficient (Wildman–Crippen LogP) is 4.01. The number of carbonyl (C=O) groups excluding carboxylic acids is 1. The van der Waals surface area contributed by atoms with Crippen molar-refractivity contribution in [1.82, 2.24) is 4.72 Å². The molecule has 0 saturated carbocycles. The highest BCUT2D eigenvalue weighted by atomic mass is 32.2. The van der Waals surface area contributed by atoms with E-state index < -0.39 is 10.0 Å². The van der Waals surface area contributed by atoms with Gasteiger partial charge in [0.2, 0.25) is 15.9 Å². The van der Waals surface area contributed by atoms with Crippen molar-refractivity contribution in [2.24, 2.45) is 0 Å². The van der Waals surface area contributed by atoms with Crippen LogP contribution in [0.1, 0.15) is 32.8 Å². The average molecular weight is 407 g/mol. The minimum atomic E-state index is -3.63. The molecule has 0 aliphatic rings. The van der Waals surface area contributed by atoms with Gasteiger partial charge in [-0.3, -0.25) is 4.79 Å². The van der Waals surface area contributed by atoms with Crippen LogP contribution in [0.5, 0.6) is 0 Å². The van der Waals surface area contributed by atoms with Gasteiger partial charge in [-0.25, -0.2) is 13.1 Å². The molecule has 146 valence electrons. The number of benzene rings is 2. The molecule has 0 saturated heterocycles. The molecule has 1 amide bonds. The lowest BCUT2D eigenvalue weighted by atomic mass is 9.87. The Balaban J connectivity index is 1.88. The second-order valence-corrected chi connectivity index (χ2v) is 9.85. The predicted molar refractivity (Wildman–Crippen MR) is 112 cm³/mol. The third kappa shape index (κ3) is 6.37. The summed E-state index contributed by atoms with van der Waals surface area (Å²) >= 11 is 1.62. The van der Waals surface area contributed by atoms with Gasteiger partial charge in [0.15, 0.2) is 0 Å². The summed E-state index contributed by atoms with van der Waals surface area (Å²) in [4.78, 5) is 13.3. The standard InChI is InChI=1S/C20H26N2O3S2/c1-20(2,3)15-5-11-18(12-6-15)27(24,25)21-14-13-19(23)22-16-7-9-17(26-4)10-8-16/h5-12,21H,13-14H2,1-4H3,(H,22,23). The topological polar surface area (TPSA) is 75.3 Å². The molecule has 0 heterocycles. The van der Waals surface area contributed by atoms with Crippen LogP contribution in [-0.4, -0.2) is 27.1 Å². The maximum absolute atomic E-state index is 12.4. The number of nitrogens with one attached hydrogen (secondary N) is 2. The fourth-order valence-corrected chi connectivity index (χ4v) is 3.85. The first kappa shape index (κ1) is 21.5. The van der Waals surface area contributed by atoms with Gasteiger partial charge in [0.1, 0.15) is 0 Å². The van der Waals surface area contributed by atoms with Crippen LogP contribution in [0.25, 0.3) is 0 Å². The molecule has 2 aromatic carbocycles. The summed E-state index contributed by atoms with van der Waals surface area (Å²) < 4.78 is 27.2. The molecule has 0 radical (unpaired) electrons. The van der Waals surface area contributed by atoms with Crippen LogP contribution < -0.4 is 10.0 Å². The largest absolute Gasteiger partial charge is 0.326 e. The summed E-state index contributed by atoms with van der Waals surface area (Å²) in [6.07, 6.45) is 2.04. The number of amides is 1. The molecular formula is C20H26N2O3S2. The van der Waals surface area contributed by atoms with Crippen LogP contribution in [0.2, 0.25) is 0 Å². The highest BCUT2D eigenvalue weighted by molar-refractivity contribution is 7.98. The summed E-state index contributed by atoms with van der Waals surface area (Å²) in [5.74, 6) is -0.238. The molecule has 0 atom stereocenters. The van der Waals surface area contributed by atoms with E-state index in [0.29, 0.717) is 5.69 Å². The van der Waals surface area contributed by atoms with Gasteiger partial charge in [0.05, 0.1) is 4.90 Å². The van der Waals surface area contributed by atoms with Gasteiger partial charge in [-0.05, 0) is 53.6 Å². The second kappa shape index (κ2) is 8.91. The van der Waals surface area contributed by atoms with E-state index in [1.54, 1.807) is 23.9 Å². The Morgan fingerprint density at radius 2 is 1.59 bits per heavy atom. The third-order valence-corrected chi connectivity index (χ3v) is 6.27. The van der Waals surface area contributed by atoms with Gasteiger partial charge in [0.25, 0.3) is 0 Å². The first-order valence-corrected chi connectivity index (χ1v) is 11.4. The minimum absolute atomic E-state index is 0.0398. The summed E-state index contributed by atoms with van der Waals surface area (Å²) in [6, 6.07) is 14.3. The maximum atomic E-state index is 12.4. The number of hydrogen-bond donors (Lipinski definition) is 2. The molecule has 2 rings (SSSR count). The Morgan fingerprint density at radius 1 is 1.00 bits per heavy atom. The van der Waals surface area contributed by atoms with Crippen LogP contribution in [0.4, 0.5) is 5.69 Å². The lowest BCUT2D eigenvalue weighted by Gasteiger charge is -2.19. The molecule has 0 bridgehead atoms. The van der Waals surface area contributed by atoms with E-state index in [1.165, 1.54) is 0 Å². The van der Waals surface area contributed by atoms with Crippen molar-refractivity contribution in [3.8, 4) is 0 Å². The fourth-order valence-electron chi connectivity index (χ4n) is 2.41. The lowest BCUT2D eigenvalue weighted by molar-refractivity contribution is -0.116. The molecule has 0 aromatic heterocycles. The molecule has 0 aliphatic heterocycles. The molecule has 0 aliphatic carbocycles. The molecule has 0 unspecified atom stereocenters. The molecular weight excluding hydrogens is 380 g/mol. The van der Waals surface area contributed by atoms with Crippen molar-refractivity contribution in [3.05, 3.63) is 54.1 Å². The first-order valence-electron chi connectivity index (χ1n) is 8.66. The zero-order chi connectivity index (χ0) is 20.1. The van der Waals surface area contributed by atoms with Crippen LogP contribution in [0.15, 0.2) is 58.3 Å². The monoisotopic (exact) mass is 406 g/mol. The van der Waals surface area contributed by atoms with Crippen LogP contribution in [0, 0.1) is 0 Å². The zero-order valence-electron chi connectivity index (χ0n) is 16.1. The molecule has 7 heteroatoms. The van der Waals surface area contributed by atoms with Gasteiger partial charge in [-0.2, -0.15) is 0 Å². The summed E-state index contributed by atoms with van der Waals surface area (Å²) in [6.45, 7) is 6.25. The zero-order valence-corrected chi connectivity index (χ0v) is 17.7. The van der Waals surface area contributed by atoms with Gasteiger partial charge in [-0.1, -0.05) is 32.9 Å². The van der Waals surface area contributed by atoms with Gasteiger partial charge in [-0.15, -0.1) is 11.8 Å². The number of thioether (sulfide) groups is 1. The first-order chi connectivity index (χ1) is 12.6. The molecule has 0 fully saturated rings. The lowest BCUT2D eigenvalue weighted by Crippen LogP contribution is -2.28. The molecule has 0 spiro atoms. The van der Waals surface area contributed by atoms with Gasteiger partial charge >= 0.3 is 0 Å². The van der Waals surface area contributed by atoms with Gasteiger partial charge in [0, 0.05) is 23.5 Å². The summed E-state index contributed by atoms with van der Waals surface area (Å²) in [5, 5.41) is 2.76. The second-order valence-electron chi connectivity index (χ2n) is 7.20. The molecule has 2 aromatic rings. The number of hydrogen-bond acceptors (Lipinski definition) is 4. The Morgan fingerprint density at radius 3 is 2.11 bits per heavy atom. The van der Waals surface area contributed by atoms with E-state index >= 15 is 0 Å². The van der Waals surface area contributed by atoms with Crippen molar-refractivity contribution in [2.75, 3.05) is 18.1 Å².